The average molecular weight is 434 g/mol. The molecule has 5 rings (SSSR count). The van der Waals surface area contributed by atoms with Crippen LogP contribution in [0.4, 0.5) is 10.3 Å². The van der Waals surface area contributed by atoms with Gasteiger partial charge in [0.05, 0.1) is 12.3 Å². The summed E-state index contributed by atoms with van der Waals surface area (Å²) < 4.78 is 24.5. The van der Waals surface area contributed by atoms with Crippen molar-refractivity contribution < 1.29 is 18.0 Å². The van der Waals surface area contributed by atoms with Crippen molar-refractivity contribution in [2.75, 3.05) is 24.5 Å². The second kappa shape index (κ2) is 8.50. The second-order valence-corrected chi connectivity index (χ2v) is 8.26. The van der Waals surface area contributed by atoms with Crippen molar-refractivity contribution in [3.05, 3.63) is 59.7 Å². The summed E-state index contributed by atoms with van der Waals surface area (Å²) in [6.07, 6.45) is 4.72. The molecule has 1 aromatic carbocycles. The van der Waals surface area contributed by atoms with E-state index < -0.39 is 0 Å². The van der Waals surface area contributed by atoms with Crippen LogP contribution in [-0.4, -0.2) is 35.4 Å². The maximum absolute atomic E-state index is 13.3. The Morgan fingerprint density at radius 2 is 1.91 bits per heavy atom. The van der Waals surface area contributed by atoms with Gasteiger partial charge in [-0.2, -0.15) is 10.2 Å². The van der Waals surface area contributed by atoms with Crippen LogP contribution < -0.4 is 4.90 Å². The second-order valence-electron chi connectivity index (χ2n) is 8.26. The molecule has 0 saturated carbocycles. The number of nitriles is 1. The average Bonchev–Trinajstić information content (AvgIpc) is 3.59. The molecule has 2 aliphatic rings. The summed E-state index contributed by atoms with van der Waals surface area (Å²) in [5, 5.41) is 9.48. The number of halogens is 1. The van der Waals surface area contributed by atoms with Crippen LogP contribution in [0, 0.1) is 23.1 Å². The highest BCUT2D eigenvalue weighted by Gasteiger charge is 2.36. The molecule has 8 heteroatoms. The summed E-state index contributed by atoms with van der Waals surface area (Å²) in [4.78, 5) is 21.5. The normalized spacial score (nSPS) is 19.3. The highest BCUT2D eigenvalue weighted by Crippen LogP contribution is 2.36. The lowest BCUT2D eigenvalue weighted by Gasteiger charge is -2.35. The number of hydrogen-bond donors (Lipinski definition) is 0. The fourth-order valence-corrected chi connectivity index (χ4v) is 4.73. The molecule has 32 heavy (non-hydrogen) atoms. The molecule has 0 radical (unpaired) electrons. The number of likely N-dealkylation sites (tertiary alicyclic amines) is 1. The first-order valence-electron chi connectivity index (χ1n) is 10.9. The van der Waals surface area contributed by atoms with Crippen LogP contribution in [-0.2, 0) is 4.79 Å². The van der Waals surface area contributed by atoms with Gasteiger partial charge < -0.3 is 18.6 Å². The lowest BCUT2D eigenvalue weighted by atomic mass is 9.94. The van der Waals surface area contributed by atoms with E-state index in [2.05, 4.69) is 11.1 Å². The minimum Gasteiger partial charge on any atom is -0.459 e. The van der Waals surface area contributed by atoms with Gasteiger partial charge in [0.2, 0.25) is 17.5 Å². The zero-order valence-corrected chi connectivity index (χ0v) is 17.5. The maximum atomic E-state index is 13.3. The third-order valence-corrected chi connectivity index (χ3v) is 6.37. The number of aromatic nitrogens is 1. The molecule has 2 saturated heterocycles. The van der Waals surface area contributed by atoms with Crippen molar-refractivity contribution in [3.8, 4) is 17.7 Å². The molecule has 3 aromatic rings. The molecule has 1 atom stereocenters. The van der Waals surface area contributed by atoms with Gasteiger partial charge in [-0.3, -0.25) is 4.79 Å². The van der Waals surface area contributed by atoms with E-state index in [4.69, 9.17) is 8.83 Å². The minimum absolute atomic E-state index is 0.0106. The minimum atomic E-state index is -0.267. The zero-order chi connectivity index (χ0) is 22.1. The van der Waals surface area contributed by atoms with Crippen LogP contribution in [0.3, 0.4) is 0 Å². The first-order valence-corrected chi connectivity index (χ1v) is 10.9. The molecular formula is C24H23FN4O3. The molecule has 0 aliphatic carbocycles. The standard InChI is InChI=1S/C24H23FN4O3/c25-18-7-5-16(6-8-18)20-3-1-11-29(20)23(30)17-9-12-28(13-10-17)24-19(15-26)27-22(32-24)21-4-2-14-31-21/h2,4-8,14,17,20H,1,3,9-13H2. The molecule has 0 spiro atoms. The van der Waals surface area contributed by atoms with Crippen molar-refractivity contribution >= 4 is 11.8 Å². The predicted octanol–water partition coefficient (Wildman–Crippen LogP) is 4.53. The lowest BCUT2D eigenvalue weighted by molar-refractivity contribution is -0.137. The fourth-order valence-electron chi connectivity index (χ4n) is 4.73. The summed E-state index contributed by atoms with van der Waals surface area (Å²) in [6, 6.07) is 12.0. The fraction of sp³-hybridized carbons (Fsp3) is 0.375. The number of nitrogens with zero attached hydrogens (tertiary/aromatic N) is 4. The van der Waals surface area contributed by atoms with Gasteiger partial charge in [-0.1, -0.05) is 12.1 Å². The molecule has 2 fully saturated rings. The predicted molar refractivity (Wildman–Crippen MR) is 114 cm³/mol. The van der Waals surface area contributed by atoms with Gasteiger partial charge in [0.15, 0.2) is 5.76 Å². The lowest BCUT2D eigenvalue weighted by Crippen LogP contribution is -2.42. The van der Waals surface area contributed by atoms with Crippen LogP contribution in [0.25, 0.3) is 11.7 Å². The Hall–Kier alpha value is -3.60. The van der Waals surface area contributed by atoms with E-state index in [0.717, 1.165) is 24.9 Å². The van der Waals surface area contributed by atoms with Crippen molar-refractivity contribution in [2.45, 2.75) is 31.7 Å². The van der Waals surface area contributed by atoms with Gasteiger partial charge in [-0.15, -0.1) is 0 Å². The van der Waals surface area contributed by atoms with Crippen LogP contribution >= 0.6 is 0 Å². The number of furan rings is 1. The van der Waals surface area contributed by atoms with E-state index in [0.29, 0.717) is 37.6 Å². The molecule has 1 amide bonds. The Morgan fingerprint density at radius 1 is 1.12 bits per heavy atom. The number of amides is 1. The monoisotopic (exact) mass is 434 g/mol. The maximum Gasteiger partial charge on any atom is 0.266 e. The number of hydrogen-bond acceptors (Lipinski definition) is 6. The first-order chi connectivity index (χ1) is 15.6. The van der Waals surface area contributed by atoms with Crippen molar-refractivity contribution in [1.82, 2.24) is 9.88 Å². The van der Waals surface area contributed by atoms with Crippen LogP contribution in [0.5, 0.6) is 0 Å². The SMILES string of the molecule is N#Cc1nc(-c2ccco2)oc1N1CCC(C(=O)N2CCCC2c2ccc(F)cc2)CC1. The number of carbonyl (C=O) groups is 1. The van der Waals surface area contributed by atoms with Crippen molar-refractivity contribution in [3.63, 3.8) is 0 Å². The van der Waals surface area contributed by atoms with E-state index in [1.165, 1.54) is 18.4 Å². The van der Waals surface area contributed by atoms with E-state index in [9.17, 15) is 14.4 Å². The van der Waals surface area contributed by atoms with Crippen molar-refractivity contribution in [2.24, 2.45) is 5.92 Å². The van der Waals surface area contributed by atoms with Gasteiger partial charge in [0.1, 0.15) is 11.9 Å². The molecule has 164 valence electrons. The van der Waals surface area contributed by atoms with Crippen LogP contribution in [0.15, 0.2) is 51.5 Å². The first kappa shape index (κ1) is 20.3. The van der Waals surface area contributed by atoms with Crippen LogP contribution in [0.2, 0.25) is 0 Å². The van der Waals surface area contributed by atoms with E-state index in [-0.39, 0.29) is 35.3 Å². The van der Waals surface area contributed by atoms with Gasteiger partial charge in [0.25, 0.3) is 5.89 Å². The Kier molecular flexibility index (Phi) is 5.39. The zero-order valence-electron chi connectivity index (χ0n) is 17.5. The Labute approximate surface area is 185 Å². The molecule has 1 unspecified atom stereocenters. The van der Waals surface area contributed by atoms with Gasteiger partial charge in [-0.25, -0.2) is 4.39 Å². The number of carbonyl (C=O) groups excluding carboxylic acids is 1. The Bertz CT molecular complexity index is 1130. The summed E-state index contributed by atoms with van der Waals surface area (Å²) in [5.41, 5.74) is 1.21. The number of piperidine rings is 1. The van der Waals surface area contributed by atoms with Gasteiger partial charge in [0, 0.05) is 25.6 Å². The molecule has 2 aliphatic heterocycles. The summed E-state index contributed by atoms with van der Waals surface area (Å²) in [7, 11) is 0. The smallest absolute Gasteiger partial charge is 0.266 e. The van der Waals surface area contributed by atoms with Crippen LogP contribution in [0.1, 0.15) is 43.0 Å². The van der Waals surface area contributed by atoms with E-state index in [1.807, 2.05) is 9.80 Å². The molecule has 0 N–H and O–H groups in total. The molecule has 0 bridgehead atoms. The molecular weight excluding hydrogens is 411 g/mol. The highest BCUT2D eigenvalue weighted by molar-refractivity contribution is 5.80. The number of rotatable bonds is 4. The quantitative estimate of drug-likeness (QED) is 0.600. The Morgan fingerprint density at radius 3 is 2.59 bits per heavy atom. The summed E-state index contributed by atoms with van der Waals surface area (Å²) >= 11 is 0. The molecule has 7 nitrogen and oxygen atoms in total. The third kappa shape index (κ3) is 3.75. The summed E-state index contributed by atoms with van der Waals surface area (Å²) in [5.74, 6) is 0.986. The molecule has 2 aromatic heterocycles. The number of anilines is 1. The third-order valence-electron chi connectivity index (χ3n) is 6.37. The van der Waals surface area contributed by atoms with Gasteiger partial charge >= 0.3 is 0 Å². The number of benzene rings is 1. The van der Waals surface area contributed by atoms with Gasteiger partial charge in [-0.05, 0) is 55.5 Å². The Balaban J connectivity index is 1.26. The largest absolute Gasteiger partial charge is 0.459 e. The number of oxazole rings is 1. The molecule has 4 heterocycles. The van der Waals surface area contributed by atoms with E-state index in [1.54, 1.807) is 24.3 Å². The highest BCUT2D eigenvalue weighted by atomic mass is 19.1. The summed E-state index contributed by atoms with van der Waals surface area (Å²) in [6.45, 7) is 1.94. The topological polar surface area (TPSA) is 86.5 Å². The van der Waals surface area contributed by atoms with E-state index >= 15 is 0 Å². The van der Waals surface area contributed by atoms with Crippen molar-refractivity contribution in [1.29, 1.82) is 5.26 Å².